The first kappa shape index (κ1) is 20.2. The standard InChI is InChI=1S/C21H24O7/c1-7-10-9(2)8-11-12(14(10)22)16(24)17-13(15(11)23)20(3,4)18(25)21(5,28-17)19(26)27-6/h8,13,17,22H,7H2,1-6H3. The first-order chi connectivity index (χ1) is 12.9. The molecule has 0 bridgehead atoms. The number of esters is 1. The Morgan fingerprint density at radius 3 is 2.36 bits per heavy atom. The summed E-state index contributed by atoms with van der Waals surface area (Å²) in [6.07, 6.45) is -0.888. The van der Waals surface area contributed by atoms with Gasteiger partial charge in [0.05, 0.1) is 18.6 Å². The zero-order chi connectivity index (χ0) is 21.2. The molecule has 7 heteroatoms. The topological polar surface area (TPSA) is 107 Å². The van der Waals surface area contributed by atoms with Crippen LogP contribution >= 0.6 is 0 Å². The Labute approximate surface area is 163 Å². The molecule has 0 aromatic heterocycles. The van der Waals surface area contributed by atoms with Gasteiger partial charge in [-0.25, -0.2) is 4.79 Å². The number of aromatic hydroxyl groups is 1. The number of rotatable bonds is 2. The highest BCUT2D eigenvalue weighted by Gasteiger charge is 2.65. The van der Waals surface area contributed by atoms with Crippen molar-refractivity contribution in [2.45, 2.75) is 52.7 Å². The van der Waals surface area contributed by atoms with E-state index in [9.17, 15) is 24.3 Å². The predicted molar refractivity (Wildman–Crippen MR) is 98.5 cm³/mol. The minimum absolute atomic E-state index is 0.0876. The van der Waals surface area contributed by atoms with Crippen LogP contribution in [0.25, 0.3) is 0 Å². The molecule has 0 saturated carbocycles. The van der Waals surface area contributed by atoms with Gasteiger partial charge in [-0.2, -0.15) is 0 Å². The largest absolute Gasteiger partial charge is 0.507 e. The van der Waals surface area contributed by atoms with E-state index in [-0.39, 0.29) is 16.9 Å². The monoisotopic (exact) mass is 388 g/mol. The molecule has 7 nitrogen and oxygen atoms in total. The molecule has 3 atom stereocenters. The normalized spacial score (nSPS) is 28.6. The van der Waals surface area contributed by atoms with Crippen molar-refractivity contribution in [3.63, 3.8) is 0 Å². The molecule has 28 heavy (non-hydrogen) atoms. The number of Topliss-reactive ketones (excluding diaryl/α,β-unsaturated/α-hetero) is 3. The van der Waals surface area contributed by atoms with Gasteiger partial charge in [-0.15, -0.1) is 0 Å². The summed E-state index contributed by atoms with van der Waals surface area (Å²) in [5, 5.41) is 10.7. The number of aryl methyl sites for hydroxylation is 1. The molecular weight excluding hydrogens is 364 g/mol. The summed E-state index contributed by atoms with van der Waals surface area (Å²) in [4.78, 5) is 52.0. The molecule has 1 N–H and O–H groups in total. The number of hydrogen-bond acceptors (Lipinski definition) is 7. The fourth-order valence-electron chi connectivity index (χ4n) is 4.56. The van der Waals surface area contributed by atoms with E-state index < -0.39 is 46.4 Å². The van der Waals surface area contributed by atoms with E-state index in [1.165, 1.54) is 20.8 Å². The number of ketones is 3. The van der Waals surface area contributed by atoms with Crippen molar-refractivity contribution in [2.75, 3.05) is 7.11 Å². The molecule has 1 heterocycles. The van der Waals surface area contributed by atoms with Crippen LogP contribution in [0.2, 0.25) is 0 Å². The third-order valence-electron chi connectivity index (χ3n) is 6.07. The lowest BCUT2D eigenvalue weighted by Crippen LogP contribution is -2.67. The Kier molecular flexibility index (Phi) is 4.50. The average Bonchev–Trinajstić information content (AvgIpc) is 2.63. The molecule has 1 aromatic carbocycles. The second-order valence-electron chi connectivity index (χ2n) is 8.12. The van der Waals surface area contributed by atoms with Crippen molar-refractivity contribution in [3.8, 4) is 5.75 Å². The maximum absolute atomic E-state index is 13.3. The van der Waals surface area contributed by atoms with Gasteiger partial charge < -0.3 is 14.6 Å². The highest BCUT2D eigenvalue weighted by Crippen LogP contribution is 2.49. The zero-order valence-corrected chi connectivity index (χ0v) is 16.8. The lowest BCUT2D eigenvalue weighted by atomic mass is 9.60. The summed E-state index contributed by atoms with van der Waals surface area (Å²) in [6, 6.07) is 1.58. The fraction of sp³-hybridized carbons (Fsp3) is 0.524. The minimum atomic E-state index is -2.01. The Morgan fingerprint density at radius 2 is 1.82 bits per heavy atom. The van der Waals surface area contributed by atoms with E-state index >= 15 is 0 Å². The number of benzene rings is 1. The fourth-order valence-corrected chi connectivity index (χ4v) is 4.56. The first-order valence-corrected chi connectivity index (χ1v) is 9.18. The van der Waals surface area contributed by atoms with Crippen LogP contribution < -0.4 is 0 Å². The molecule has 2 aliphatic rings. The van der Waals surface area contributed by atoms with Crippen molar-refractivity contribution < 1.29 is 33.8 Å². The second-order valence-corrected chi connectivity index (χ2v) is 8.12. The molecular formula is C21H24O7. The Bertz CT molecular complexity index is 927. The quantitative estimate of drug-likeness (QED) is 0.611. The Balaban J connectivity index is 2.26. The average molecular weight is 388 g/mol. The van der Waals surface area contributed by atoms with Gasteiger partial charge in [0.1, 0.15) is 11.9 Å². The minimum Gasteiger partial charge on any atom is -0.507 e. The third kappa shape index (κ3) is 2.38. The Morgan fingerprint density at radius 1 is 1.21 bits per heavy atom. The second kappa shape index (κ2) is 6.24. The molecule has 0 spiro atoms. The van der Waals surface area contributed by atoms with Crippen LogP contribution in [0.1, 0.15) is 59.5 Å². The molecule has 3 rings (SSSR count). The van der Waals surface area contributed by atoms with Gasteiger partial charge in [-0.3, -0.25) is 14.4 Å². The van der Waals surface area contributed by atoms with Crippen molar-refractivity contribution in [1.82, 2.24) is 0 Å². The summed E-state index contributed by atoms with van der Waals surface area (Å²) in [5.41, 5.74) is -2.11. The van der Waals surface area contributed by atoms with E-state index in [1.54, 1.807) is 13.0 Å². The smallest absolute Gasteiger partial charge is 0.345 e. The highest BCUT2D eigenvalue weighted by molar-refractivity contribution is 6.22. The zero-order valence-electron chi connectivity index (χ0n) is 16.8. The third-order valence-corrected chi connectivity index (χ3v) is 6.07. The van der Waals surface area contributed by atoms with Crippen LogP contribution in [0.4, 0.5) is 0 Å². The van der Waals surface area contributed by atoms with Crippen LogP contribution in [0.15, 0.2) is 6.07 Å². The van der Waals surface area contributed by atoms with E-state index in [4.69, 9.17) is 9.47 Å². The lowest BCUT2D eigenvalue weighted by molar-refractivity contribution is -0.197. The number of carbonyl (C=O) groups is 4. The van der Waals surface area contributed by atoms with Crippen molar-refractivity contribution in [3.05, 3.63) is 28.3 Å². The van der Waals surface area contributed by atoms with Gasteiger partial charge in [0.2, 0.25) is 5.60 Å². The number of hydrogen-bond donors (Lipinski definition) is 1. The number of carbonyl (C=O) groups excluding carboxylic acids is 4. The molecule has 1 saturated heterocycles. The predicted octanol–water partition coefficient (Wildman–Crippen LogP) is 2.18. The number of phenols is 1. The molecule has 150 valence electrons. The van der Waals surface area contributed by atoms with Crippen molar-refractivity contribution in [1.29, 1.82) is 0 Å². The van der Waals surface area contributed by atoms with Crippen LogP contribution in [0.3, 0.4) is 0 Å². The summed E-state index contributed by atoms with van der Waals surface area (Å²) in [5.74, 6) is -3.95. The highest BCUT2D eigenvalue weighted by atomic mass is 16.6. The maximum Gasteiger partial charge on any atom is 0.345 e. The molecule has 1 aliphatic heterocycles. The summed E-state index contributed by atoms with van der Waals surface area (Å²) in [7, 11) is 1.12. The molecule has 0 amide bonds. The van der Waals surface area contributed by atoms with Gasteiger partial charge in [0, 0.05) is 11.0 Å². The summed E-state index contributed by atoms with van der Waals surface area (Å²) >= 11 is 0. The lowest BCUT2D eigenvalue weighted by Gasteiger charge is -2.49. The summed E-state index contributed by atoms with van der Waals surface area (Å²) < 4.78 is 10.4. The number of fused-ring (bicyclic) bond motifs is 2. The first-order valence-electron chi connectivity index (χ1n) is 9.18. The van der Waals surface area contributed by atoms with E-state index in [2.05, 4.69) is 0 Å². The van der Waals surface area contributed by atoms with Crippen LogP contribution in [-0.4, -0.2) is 47.2 Å². The number of methoxy groups -OCH3 is 1. The number of phenolic OH excluding ortho intramolecular Hbond substituents is 1. The van der Waals surface area contributed by atoms with Gasteiger partial charge in [0.15, 0.2) is 17.3 Å². The van der Waals surface area contributed by atoms with E-state index in [1.807, 2.05) is 6.92 Å². The van der Waals surface area contributed by atoms with E-state index in [0.717, 1.165) is 7.11 Å². The molecule has 1 fully saturated rings. The molecule has 1 aromatic rings. The van der Waals surface area contributed by atoms with Crippen LogP contribution in [0, 0.1) is 18.3 Å². The van der Waals surface area contributed by atoms with Gasteiger partial charge >= 0.3 is 5.97 Å². The van der Waals surface area contributed by atoms with Gasteiger partial charge in [-0.1, -0.05) is 20.8 Å². The van der Waals surface area contributed by atoms with Crippen LogP contribution in [-0.2, 0) is 25.5 Å². The molecule has 0 radical (unpaired) electrons. The molecule has 1 aliphatic carbocycles. The SMILES string of the molecule is CCc1c(C)cc2c(c1O)C(=O)C1OC(C)(C(=O)OC)C(=O)C(C)(C)C1C2=O. The Hall–Kier alpha value is -2.54. The maximum atomic E-state index is 13.3. The number of ether oxygens (including phenoxy) is 2. The van der Waals surface area contributed by atoms with Crippen molar-refractivity contribution >= 4 is 23.3 Å². The summed E-state index contributed by atoms with van der Waals surface area (Å²) in [6.45, 7) is 7.89. The van der Waals surface area contributed by atoms with Crippen LogP contribution in [0.5, 0.6) is 5.75 Å². The van der Waals surface area contributed by atoms with Gasteiger partial charge in [-0.05, 0) is 37.5 Å². The van der Waals surface area contributed by atoms with Gasteiger partial charge in [0.25, 0.3) is 0 Å². The van der Waals surface area contributed by atoms with Crippen molar-refractivity contribution in [2.24, 2.45) is 11.3 Å². The van der Waals surface area contributed by atoms with E-state index in [0.29, 0.717) is 17.5 Å². The molecule has 3 unspecified atom stereocenters.